The molecule has 2 saturated heterocycles. The van der Waals surface area contributed by atoms with Gasteiger partial charge in [0, 0.05) is 23.2 Å². The molecular weight excluding hydrogens is 426 g/mol. The van der Waals surface area contributed by atoms with Crippen molar-refractivity contribution in [1.82, 2.24) is 20.2 Å². The van der Waals surface area contributed by atoms with Gasteiger partial charge in [0.2, 0.25) is 5.95 Å². The molecule has 2 aliphatic heterocycles. The summed E-state index contributed by atoms with van der Waals surface area (Å²) in [7, 11) is 0. The zero-order valence-corrected chi connectivity index (χ0v) is 17.8. The Labute approximate surface area is 184 Å². The Bertz CT molecular complexity index is 915. The molecule has 1 aromatic carbocycles. The molecule has 0 amide bonds. The van der Waals surface area contributed by atoms with Gasteiger partial charge in [-0.05, 0) is 75.5 Å². The molecule has 3 heterocycles. The summed E-state index contributed by atoms with van der Waals surface area (Å²) in [6, 6.07) is 3.19. The molecule has 4 rings (SSSR count). The van der Waals surface area contributed by atoms with Gasteiger partial charge in [-0.3, -0.25) is 4.90 Å². The highest BCUT2D eigenvalue weighted by Crippen LogP contribution is 2.36. The van der Waals surface area contributed by atoms with Gasteiger partial charge in [-0.2, -0.15) is 0 Å². The fraction of sp³-hybridized carbons (Fsp3) is 0.636. The minimum Gasteiger partial charge on any atom is -0.390 e. The SMILES string of the molecule is OCC(F)(F)CN1CCC(c2cc(C(F)F)cc3cnc(NC4CCNCC4)nc23)CC1. The summed E-state index contributed by atoms with van der Waals surface area (Å²) in [6.07, 6.45) is 1.99. The lowest BCUT2D eigenvalue weighted by Gasteiger charge is -2.34. The largest absolute Gasteiger partial charge is 0.390 e. The van der Waals surface area contributed by atoms with Gasteiger partial charge in [0.15, 0.2) is 0 Å². The number of hydrogen-bond donors (Lipinski definition) is 3. The summed E-state index contributed by atoms with van der Waals surface area (Å²) in [5.74, 6) is -2.72. The van der Waals surface area contributed by atoms with Crippen molar-refractivity contribution in [2.45, 2.75) is 50.0 Å². The first kappa shape index (κ1) is 23.1. The predicted octanol–water partition coefficient (Wildman–Crippen LogP) is 3.54. The maximum Gasteiger partial charge on any atom is 0.283 e. The van der Waals surface area contributed by atoms with E-state index >= 15 is 0 Å². The maximum absolute atomic E-state index is 13.5. The zero-order valence-electron chi connectivity index (χ0n) is 17.8. The molecule has 2 fully saturated rings. The quantitative estimate of drug-likeness (QED) is 0.555. The average molecular weight is 456 g/mol. The summed E-state index contributed by atoms with van der Waals surface area (Å²) >= 11 is 0. The molecule has 2 aliphatic rings. The van der Waals surface area contributed by atoms with E-state index in [1.165, 1.54) is 12.1 Å². The van der Waals surface area contributed by atoms with Gasteiger partial charge in [0.05, 0.1) is 12.1 Å². The standard InChI is InChI=1S/C22H29F4N5O/c23-20(24)15-9-16-11-28-21(29-17-1-5-27-6-2-17)30-19(16)18(10-15)14-3-7-31(8-4-14)12-22(25,26)13-32/h9-11,14,17,20,27,32H,1-8,12-13H2,(H,28,29,30). The molecule has 0 unspecified atom stereocenters. The number of fused-ring (bicyclic) bond motifs is 1. The van der Waals surface area contributed by atoms with E-state index < -0.39 is 25.5 Å². The van der Waals surface area contributed by atoms with E-state index in [1.807, 2.05) is 0 Å². The van der Waals surface area contributed by atoms with E-state index in [4.69, 9.17) is 5.11 Å². The highest BCUT2D eigenvalue weighted by molar-refractivity contribution is 5.83. The summed E-state index contributed by atoms with van der Waals surface area (Å²) in [5.41, 5.74) is 1.28. The van der Waals surface area contributed by atoms with Crippen molar-refractivity contribution in [3.8, 4) is 0 Å². The Morgan fingerprint density at radius 3 is 2.53 bits per heavy atom. The molecular formula is C22H29F4N5O. The van der Waals surface area contributed by atoms with Crippen LogP contribution in [0.1, 0.15) is 49.2 Å². The third kappa shape index (κ3) is 5.47. The van der Waals surface area contributed by atoms with Gasteiger partial charge in [-0.25, -0.2) is 27.5 Å². The van der Waals surface area contributed by atoms with Gasteiger partial charge < -0.3 is 15.7 Å². The van der Waals surface area contributed by atoms with Crippen molar-refractivity contribution in [2.75, 3.05) is 44.6 Å². The number of benzene rings is 1. The number of anilines is 1. The van der Waals surface area contributed by atoms with Crippen molar-refractivity contribution in [3.05, 3.63) is 29.5 Å². The summed E-state index contributed by atoms with van der Waals surface area (Å²) in [4.78, 5) is 10.6. The minimum atomic E-state index is -3.14. The lowest BCUT2D eigenvalue weighted by atomic mass is 9.87. The van der Waals surface area contributed by atoms with Crippen LogP contribution in [0.2, 0.25) is 0 Å². The van der Waals surface area contributed by atoms with Crippen LogP contribution in [-0.4, -0.2) is 71.3 Å². The topological polar surface area (TPSA) is 73.3 Å². The number of hydrogen-bond acceptors (Lipinski definition) is 6. The number of aliphatic hydroxyl groups excluding tert-OH is 1. The molecule has 2 aromatic rings. The Kier molecular flexibility index (Phi) is 7.11. The smallest absolute Gasteiger partial charge is 0.283 e. The van der Waals surface area contributed by atoms with Gasteiger partial charge in [0.25, 0.3) is 12.3 Å². The number of aliphatic hydroxyl groups is 1. The number of halogens is 4. The molecule has 0 radical (unpaired) electrons. The summed E-state index contributed by atoms with van der Waals surface area (Å²) in [5, 5.41) is 16.0. The molecule has 6 nitrogen and oxygen atoms in total. The van der Waals surface area contributed by atoms with Crippen LogP contribution in [0.5, 0.6) is 0 Å². The van der Waals surface area contributed by atoms with Crippen molar-refractivity contribution in [2.24, 2.45) is 0 Å². The third-order valence-corrected chi connectivity index (χ3v) is 6.37. The molecule has 0 atom stereocenters. The average Bonchev–Trinajstić information content (AvgIpc) is 2.79. The Morgan fingerprint density at radius 1 is 1.16 bits per heavy atom. The van der Waals surface area contributed by atoms with Crippen molar-refractivity contribution >= 4 is 16.9 Å². The summed E-state index contributed by atoms with van der Waals surface area (Å²) in [6.45, 7) is 0.973. The lowest BCUT2D eigenvalue weighted by Crippen LogP contribution is -2.43. The molecule has 0 spiro atoms. The van der Waals surface area contributed by atoms with Crippen LogP contribution in [0.4, 0.5) is 23.5 Å². The van der Waals surface area contributed by atoms with Crippen LogP contribution in [-0.2, 0) is 0 Å². The van der Waals surface area contributed by atoms with Gasteiger partial charge >= 0.3 is 0 Å². The molecule has 1 aromatic heterocycles. The first-order chi connectivity index (χ1) is 15.3. The second kappa shape index (κ2) is 9.84. The number of likely N-dealkylation sites (tertiary alicyclic amines) is 1. The monoisotopic (exact) mass is 455 g/mol. The van der Waals surface area contributed by atoms with Crippen LogP contribution in [0.3, 0.4) is 0 Å². The Morgan fingerprint density at radius 2 is 1.88 bits per heavy atom. The number of nitrogens with zero attached hydrogens (tertiary/aromatic N) is 3. The number of rotatable bonds is 7. The van der Waals surface area contributed by atoms with Crippen molar-refractivity contribution < 1.29 is 22.7 Å². The Hall–Kier alpha value is -2.04. The van der Waals surface area contributed by atoms with E-state index in [0.29, 0.717) is 42.8 Å². The maximum atomic E-state index is 13.5. The number of nitrogens with one attached hydrogen (secondary N) is 2. The molecule has 10 heteroatoms. The lowest BCUT2D eigenvalue weighted by molar-refractivity contribution is -0.0758. The van der Waals surface area contributed by atoms with E-state index in [1.54, 1.807) is 11.1 Å². The molecule has 0 saturated carbocycles. The molecule has 32 heavy (non-hydrogen) atoms. The molecule has 0 aliphatic carbocycles. The normalized spacial score (nSPS) is 19.7. The number of aromatic nitrogens is 2. The first-order valence-corrected chi connectivity index (χ1v) is 11.1. The van der Waals surface area contributed by atoms with E-state index in [2.05, 4.69) is 20.6 Å². The van der Waals surface area contributed by atoms with Crippen LogP contribution < -0.4 is 10.6 Å². The fourth-order valence-electron chi connectivity index (χ4n) is 4.63. The van der Waals surface area contributed by atoms with E-state index in [-0.39, 0.29) is 17.5 Å². The van der Waals surface area contributed by atoms with Crippen LogP contribution >= 0.6 is 0 Å². The van der Waals surface area contributed by atoms with Crippen LogP contribution in [0, 0.1) is 0 Å². The highest BCUT2D eigenvalue weighted by Gasteiger charge is 2.33. The first-order valence-electron chi connectivity index (χ1n) is 11.1. The zero-order chi connectivity index (χ0) is 22.7. The minimum absolute atomic E-state index is 0.0585. The molecule has 176 valence electrons. The third-order valence-electron chi connectivity index (χ3n) is 6.37. The van der Waals surface area contributed by atoms with E-state index in [9.17, 15) is 17.6 Å². The second-order valence-corrected chi connectivity index (χ2v) is 8.78. The summed E-state index contributed by atoms with van der Waals surface area (Å²) < 4.78 is 54.2. The molecule has 0 bridgehead atoms. The van der Waals surface area contributed by atoms with Crippen molar-refractivity contribution in [1.29, 1.82) is 0 Å². The van der Waals surface area contributed by atoms with Crippen molar-refractivity contribution in [3.63, 3.8) is 0 Å². The fourth-order valence-corrected chi connectivity index (χ4v) is 4.63. The van der Waals surface area contributed by atoms with Gasteiger partial charge in [0.1, 0.15) is 6.61 Å². The highest BCUT2D eigenvalue weighted by atomic mass is 19.3. The van der Waals surface area contributed by atoms with Gasteiger partial charge in [-0.15, -0.1) is 0 Å². The Balaban J connectivity index is 1.57. The van der Waals surface area contributed by atoms with Gasteiger partial charge in [-0.1, -0.05) is 0 Å². The van der Waals surface area contributed by atoms with E-state index in [0.717, 1.165) is 31.5 Å². The number of alkyl halides is 4. The molecule has 3 N–H and O–H groups in total. The van der Waals surface area contributed by atoms with Crippen LogP contribution in [0.15, 0.2) is 18.3 Å². The second-order valence-electron chi connectivity index (χ2n) is 8.78. The van der Waals surface area contributed by atoms with Crippen LogP contribution in [0.25, 0.3) is 10.9 Å². The number of piperidine rings is 2. The predicted molar refractivity (Wildman–Crippen MR) is 114 cm³/mol.